The van der Waals surface area contributed by atoms with E-state index in [1.165, 1.54) is 0 Å². The van der Waals surface area contributed by atoms with Gasteiger partial charge in [-0.05, 0) is 36.8 Å². The van der Waals surface area contributed by atoms with Crippen LogP contribution in [-0.2, 0) is 19.3 Å². The molecule has 0 aliphatic rings. The van der Waals surface area contributed by atoms with Crippen molar-refractivity contribution >= 4 is 0 Å². The van der Waals surface area contributed by atoms with Gasteiger partial charge in [0.25, 0.3) is 0 Å². The van der Waals surface area contributed by atoms with E-state index in [0.29, 0.717) is 18.4 Å². The molecule has 0 fully saturated rings. The molecule has 0 saturated heterocycles. The van der Waals surface area contributed by atoms with Gasteiger partial charge >= 0.3 is 6.18 Å². The van der Waals surface area contributed by atoms with Crippen LogP contribution < -0.4 is 5.32 Å². The maximum absolute atomic E-state index is 12.9. The molecule has 108 valence electrons. The third-order valence-corrected chi connectivity index (χ3v) is 2.79. The number of aryl methyl sites for hydroxylation is 1. The third-order valence-electron chi connectivity index (χ3n) is 2.79. The highest BCUT2D eigenvalue weighted by Crippen LogP contribution is 2.32. The van der Waals surface area contributed by atoms with E-state index in [4.69, 9.17) is 4.42 Å². The minimum Gasteiger partial charge on any atom is -0.465 e. The summed E-state index contributed by atoms with van der Waals surface area (Å²) in [4.78, 5) is 0. The summed E-state index contributed by atoms with van der Waals surface area (Å²) in [6, 6.07) is 6.18. The van der Waals surface area contributed by atoms with Gasteiger partial charge in [-0.1, -0.05) is 6.07 Å². The predicted molar refractivity (Wildman–Crippen MR) is 65.4 cm³/mol. The van der Waals surface area contributed by atoms with Gasteiger partial charge in [-0.25, -0.2) is 4.39 Å². The molecule has 2 aromatic rings. The van der Waals surface area contributed by atoms with Crippen LogP contribution in [0.1, 0.15) is 22.6 Å². The molecule has 1 aromatic carbocycles. The van der Waals surface area contributed by atoms with Crippen molar-refractivity contribution in [3.63, 3.8) is 0 Å². The van der Waals surface area contributed by atoms with Crippen molar-refractivity contribution in [2.45, 2.75) is 26.2 Å². The lowest BCUT2D eigenvalue weighted by atomic mass is 10.1. The molecular weight excluding hydrogens is 274 g/mol. The summed E-state index contributed by atoms with van der Waals surface area (Å²) >= 11 is 0. The van der Waals surface area contributed by atoms with Crippen molar-refractivity contribution in [3.05, 3.63) is 58.8 Å². The number of hydrogen-bond donors (Lipinski definition) is 1. The van der Waals surface area contributed by atoms with Crippen LogP contribution in [0.15, 0.2) is 34.7 Å². The fourth-order valence-electron chi connectivity index (χ4n) is 1.87. The topological polar surface area (TPSA) is 25.2 Å². The Hall–Kier alpha value is -1.82. The second kappa shape index (κ2) is 5.66. The number of furan rings is 1. The van der Waals surface area contributed by atoms with Crippen molar-refractivity contribution in [2.24, 2.45) is 0 Å². The molecule has 0 bridgehead atoms. The maximum atomic E-state index is 12.9. The van der Waals surface area contributed by atoms with Crippen LogP contribution in [0.3, 0.4) is 0 Å². The van der Waals surface area contributed by atoms with Crippen LogP contribution in [0.25, 0.3) is 0 Å². The zero-order valence-corrected chi connectivity index (χ0v) is 10.7. The lowest BCUT2D eigenvalue weighted by molar-refractivity contribution is -0.138. The van der Waals surface area contributed by atoms with E-state index in [-0.39, 0.29) is 12.1 Å². The molecule has 20 heavy (non-hydrogen) atoms. The van der Waals surface area contributed by atoms with Crippen molar-refractivity contribution in [2.75, 3.05) is 0 Å². The van der Waals surface area contributed by atoms with E-state index in [2.05, 4.69) is 5.32 Å². The molecule has 0 spiro atoms. The molecule has 0 atom stereocenters. The third kappa shape index (κ3) is 3.60. The molecule has 0 amide bonds. The molecule has 2 rings (SSSR count). The first kappa shape index (κ1) is 14.6. The van der Waals surface area contributed by atoms with Crippen LogP contribution in [0.2, 0.25) is 0 Å². The average molecular weight is 287 g/mol. The van der Waals surface area contributed by atoms with Gasteiger partial charge in [-0.15, -0.1) is 0 Å². The largest absolute Gasteiger partial charge is 0.465 e. The molecule has 0 saturated carbocycles. The van der Waals surface area contributed by atoms with Gasteiger partial charge in [0.1, 0.15) is 17.3 Å². The molecule has 1 N–H and O–H groups in total. The Morgan fingerprint density at radius 1 is 1.10 bits per heavy atom. The fourth-order valence-corrected chi connectivity index (χ4v) is 1.87. The van der Waals surface area contributed by atoms with Gasteiger partial charge in [0.05, 0.1) is 12.1 Å². The first-order chi connectivity index (χ1) is 9.36. The molecular formula is C14H13F4NO. The van der Waals surface area contributed by atoms with Crippen LogP contribution >= 0.6 is 0 Å². The van der Waals surface area contributed by atoms with E-state index < -0.39 is 17.6 Å². The molecule has 0 unspecified atom stereocenters. The summed E-state index contributed by atoms with van der Waals surface area (Å²) < 4.78 is 56.5. The highest BCUT2D eigenvalue weighted by atomic mass is 19.4. The first-order valence-electron chi connectivity index (χ1n) is 5.98. The Morgan fingerprint density at radius 3 is 2.45 bits per heavy atom. The molecule has 0 radical (unpaired) electrons. The van der Waals surface area contributed by atoms with E-state index in [0.717, 1.165) is 17.9 Å². The number of benzene rings is 1. The summed E-state index contributed by atoms with van der Waals surface area (Å²) in [6.07, 6.45) is -4.57. The van der Waals surface area contributed by atoms with Crippen LogP contribution in [0.4, 0.5) is 17.6 Å². The fraction of sp³-hybridized carbons (Fsp3) is 0.286. The second-order valence-electron chi connectivity index (χ2n) is 4.42. The van der Waals surface area contributed by atoms with Crippen LogP contribution in [-0.4, -0.2) is 0 Å². The Kier molecular flexibility index (Phi) is 4.13. The lowest BCUT2D eigenvalue weighted by Crippen LogP contribution is -2.17. The summed E-state index contributed by atoms with van der Waals surface area (Å²) in [6.45, 7) is 2.07. The van der Waals surface area contributed by atoms with E-state index in [1.807, 2.05) is 0 Å². The van der Waals surface area contributed by atoms with Crippen molar-refractivity contribution < 1.29 is 22.0 Å². The minimum absolute atomic E-state index is 0.00202. The Balaban J connectivity index is 2.06. The van der Waals surface area contributed by atoms with Gasteiger partial charge in [-0.3, -0.25) is 0 Å². The molecule has 6 heteroatoms. The monoisotopic (exact) mass is 287 g/mol. The summed E-state index contributed by atoms with van der Waals surface area (Å²) in [7, 11) is 0. The quantitative estimate of drug-likeness (QED) is 0.859. The summed E-state index contributed by atoms with van der Waals surface area (Å²) in [5.74, 6) is 0.473. The van der Waals surface area contributed by atoms with Crippen molar-refractivity contribution in [1.82, 2.24) is 5.32 Å². The molecule has 2 nitrogen and oxygen atoms in total. The van der Waals surface area contributed by atoms with E-state index >= 15 is 0 Å². The number of hydrogen-bond acceptors (Lipinski definition) is 2. The van der Waals surface area contributed by atoms with Gasteiger partial charge in [0.15, 0.2) is 0 Å². The SMILES string of the molecule is Cc1ccc(CNCc2ccc(F)cc2C(F)(F)F)o1. The number of nitrogens with one attached hydrogen (secondary N) is 1. The molecule has 0 aliphatic carbocycles. The van der Waals surface area contributed by atoms with Gasteiger partial charge in [-0.2, -0.15) is 13.2 Å². The highest BCUT2D eigenvalue weighted by Gasteiger charge is 2.33. The second-order valence-corrected chi connectivity index (χ2v) is 4.42. The predicted octanol–water partition coefficient (Wildman–Crippen LogP) is 4.04. The number of alkyl halides is 3. The normalized spacial score (nSPS) is 11.8. The molecule has 0 aliphatic heterocycles. The standard InChI is InChI=1S/C14H13F4NO/c1-9-2-5-12(20-9)8-19-7-10-3-4-11(15)6-13(10)14(16,17)18/h2-6,19H,7-8H2,1H3. The molecule has 1 aromatic heterocycles. The van der Waals surface area contributed by atoms with E-state index in [1.54, 1.807) is 19.1 Å². The van der Waals surface area contributed by atoms with Crippen molar-refractivity contribution in [1.29, 1.82) is 0 Å². The highest BCUT2D eigenvalue weighted by molar-refractivity contribution is 5.30. The first-order valence-corrected chi connectivity index (χ1v) is 5.98. The zero-order chi connectivity index (χ0) is 14.8. The molecule has 1 heterocycles. The minimum atomic E-state index is -4.57. The van der Waals surface area contributed by atoms with Gasteiger partial charge in [0.2, 0.25) is 0 Å². The Bertz CT molecular complexity index is 589. The smallest absolute Gasteiger partial charge is 0.416 e. The average Bonchev–Trinajstić information content (AvgIpc) is 2.76. The van der Waals surface area contributed by atoms with Crippen LogP contribution in [0, 0.1) is 12.7 Å². The summed E-state index contributed by atoms with van der Waals surface area (Å²) in [5, 5.41) is 2.85. The van der Waals surface area contributed by atoms with Crippen molar-refractivity contribution in [3.8, 4) is 0 Å². The zero-order valence-electron chi connectivity index (χ0n) is 10.7. The Labute approximate surface area is 113 Å². The maximum Gasteiger partial charge on any atom is 0.416 e. The number of halogens is 4. The van der Waals surface area contributed by atoms with Crippen LogP contribution in [0.5, 0.6) is 0 Å². The summed E-state index contributed by atoms with van der Waals surface area (Å²) in [5.41, 5.74) is -0.956. The van der Waals surface area contributed by atoms with E-state index in [9.17, 15) is 17.6 Å². The Morgan fingerprint density at radius 2 is 1.85 bits per heavy atom. The van der Waals surface area contributed by atoms with Gasteiger partial charge < -0.3 is 9.73 Å². The lowest BCUT2D eigenvalue weighted by Gasteiger charge is -2.13. The number of rotatable bonds is 4. The van der Waals surface area contributed by atoms with Gasteiger partial charge in [0, 0.05) is 6.54 Å².